The number of piperazine rings is 1. The smallest absolute Gasteiger partial charge is 0.312 e. The lowest BCUT2D eigenvalue weighted by molar-refractivity contribution is -0.151. The zero-order valence-corrected chi connectivity index (χ0v) is 10.1. The molecule has 17 heavy (non-hydrogen) atoms. The number of amides is 2. The first-order valence-corrected chi connectivity index (χ1v) is 6.04. The van der Waals surface area contributed by atoms with Gasteiger partial charge in [-0.3, -0.25) is 9.59 Å². The molecule has 6 heteroatoms. The predicted molar refractivity (Wildman–Crippen MR) is 61.4 cm³/mol. The summed E-state index contributed by atoms with van der Waals surface area (Å²) in [4.78, 5) is 27.1. The van der Waals surface area contributed by atoms with E-state index in [1.165, 1.54) is 0 Å². The molecule has 0 spiro atoms. The third kappa shape index (κ3) is 2.76. The number of carbonyl (C=O) groups is 2. The Morgan fingerprint density at radius 2 is 1.76 bits per heavy atom. The van der Waals surface area contributed by atoms with Crippen LogP contribution in [-0.4, -0.2) is 74.1 Å². The molecule has 2 fully saturated rings. The highest BCUT2D eigenvalue weighted by atomic mass is 16.5. The van der Waals surface area contributed by atoms with Crippen molar-refractivity contribution in [3.05, 3.63) is 0 Å². The van der Waals surface area contributed by atoms with Gasteiger partial charge in [0, 0.05) is 46.4 Å². The van der Waals surface area contributed by atoms with E-state index in [-0.39, 0.29) is 17.9 Å². The van der Waals surface area contributed by atoms with E-state index < -0.39 is 0 Å². The highest BCUT2D eigenvalue weighted by Crippen LogP contribution is 2.12. The van der Waals surface area contributed by atoms with E-state index in [0.29, 0.717) is 26.2 Å². The summed E-state index contributed by atoms with van der Waals surface area (Å²) in [5.41, 5.74) is 0. The van der Waals surface area contributed by atoms with Crippen molar-refractivity contribution >= 4 is 11.8 Å². The Hall–Kier alpha value is -1.14. The lowest BCUT2D eigenvalue weighted by atomic mass is 10.3. The fourth-order valence-electron chi connectivity index (χ4n) is 2.24. The summed E-state index contributed by atoms with van der Waals surface area (Å²) < 4.78 is 5.19. The van der Waals surface area contributed by atoms with Crippen LogP contribution >= 0.6 is 0 Å². The normalized spacial score (nSPS) is 25.1. The van der Waals surface area contributed by atoms with Gasteiger partial charge in [0.1, 0.15) is 0 Å². The van der Waals surface area contributed by atoms with Gasteiger partial charge in [0.05, 0.1) is 6.10 Å². The van der Waals surface area contributed by atoms with E-state index in [4.69, 9.17) is 4.74 Å². The standard InChI is InChI=1S/C11H19N3O3/c1-17-9-2-5-14(8-9)11(16)10(15)13-6-3-12-4-7-13/h9,12H,2-8H2,1H3. The molecular weight excluding hydrogens is 222 g/mol. The van der Waals surface area contributed by atoms with Gasteiger partial charge in [-0.15, -0.1) is 0 Å². The lowest BCUT2D eigenvalue weighted by Crippen LogP contribution is -2.51. The lowest BCUT2D eigenvalue weighted by Gasteiger charge is -2.28. The summed E-state index contributed by atoms with van der Waals surface area (Å²) >= 11 is 0. The summed E-state index contributed by atoms with van der Waals surface area (Å²) in [6.07, 6.45) is 0.895. The number of hydrogen-bond donors (Lipinski definition) is 1. The topological polar surface area (TPSA) is 61.9 Å². The van der Waals surface area contributed by atoms with Crippen LogP contribution in [0.3, 0.4) is 0 Å². The second kappa shape index (κ2) is 5.46. The molecule has 2 heterocycles. The summed E-state index contributed by atoms with van der Waals surface area (Å²) in [7, 11) is 1.64. The second-order valence-corrected chi connectivity index (χ2v) is 4.44. The zero-order valence-electron chi connectivity index (χ0n) is 10.1. The van der Waals surface area contributed by atoms with Gasteiger partial charge in [-0.2, -0.15) is 0 Å². The minimum atomic E-state index is -0.383. The molecule has 2 amide bonds. The Labute approximate surface area is 101 Å². The van der Waals surface area contributed by atoms with E-state index in [2.05, 4.69) is 5.32 Å². The maximum Gasteiger partial charge on any atom is 0.312 e. The predicted octanol–water partition coefficient (Wildman–Crippen LogP) is -1.33. The third-order valence-electron chi connectivity index (χ3n) is 3.35. The molecule has 2 aliphatic rings. The van der Waals surface area contributed by atoms with Crippen LogP contribution < -0.4 is 5.32 Å². The Morgan fingerprint density at radius 3 is 2.35 bits per heavy atom. The van der Waals surface area contributed by atoms with Crippen LogP contribution in [0, 0.1) is 0 Å². The molecule has 0 aromatic heterocycles. The fourth-order valence-corrected chi connectivity index (χ4v) is 2.24. The number of hydrogen-bond acceptors (Lipinski definition) is 4. The molecule has 0 aliphatic carbocycles. The Morgan fingerprint density at radius 1 is 1.12 bits per heavy atom. The van der Waals surface area contributed by atoms with Crippen molar-refractivity contribution in [1.82, 2.24) is 15.1 Å². The number of nitrogens with one attached hydrogen (secondary N) is 1. The molecule has 1 unspecified atom stereocenters. The first-order chi connectivity index (χ1) is 8.22. The van der Waals surface area contributed by atoms with Crippen LogP contribution in [0.2, 0.25) is 0 Å². The molecule has 2 rings (SSSR count). The Kier molecular flexibility index (Phi) is 3.96. The first-order valence-electron chi connectivity index (χ1n) is 6.04. The van der Waals surface area contributed by atoms with Crippen LogP contribution in [0.5, 0.6) is 0 Å². The van der Waals surface area contributed by atoms with Crippen molar-refractivity contribution in [2.45, 2.75) is 12.5 Å². The molecule has 2 aliphatic heterocycles. The van der Waals surface area contributed by atoms with Crippen LogP contribution in [0.1, 0.15) is 6.42 Å². The average Bonchev–Trinajstić information content (AvgIpc) is 2.87. The summed E-state index contributed by atoms with van der Waals surface area (Å²) in [5.74, 6) is -0.755. The highest BCUT2D eigenvalue weighted by molar-refractivity contribution is 6.35. The number of rotatable bonds is 1. The number of likely N-dealkylation sites (tertiary alicyclic amines) is 1. The molecule has 0 aromatic rings. The van der Waals surface area contributed by atoms with E-state index >= 15 is 0 Å². The quantitative estimate of drug-likeness (QED) is 0.578. The number of nitrogens with zero attached hydrogens (tertiary/aromatic N) is 2. The van der Waals surface area contributed by atoms with Crippen molar-refractivity contribution in [3.8, 4) is 0 Å². The summed E-state index contributed by atoms with van der Waals surface area (Å²) in [6, 6.07) is 0. The highest BCUT2D eigenvalue weighted by Gasteiger charge is 2.32. The Balaban J connectivity index is 1.88. The van der Waals surface area contributed by atoms with Gasteiger partial charge in [0.15, 0.2) is 0 Å². The number of ether oxygens (including phenoxy) is 1. The third-order valence-corrected chi connectivity index (χ3v) is 3.35. The van der Waals surface area contributed by atoms with E-state index in [1.54, 1.807) is 16.9 Å². The van der Waals surface area contributed by atoms with Gasteiger partial charge in [-0.25, -0.2) is 0 Å². The van der Waals surface area contributed by atoms with Crippen molar-refractivity contribution in [1.29, 1.82) is 0 Å². The molecule has 96 valence electrons. The minimum absolute atomic E-state index is 0.0785. The average molecular weight is 241 g/mol. The number of methoxy groups -OCH3 is 1. The van der Waals surface area contributed by atoms with Gasteiger partial charge in [0.25, 0.3) is 0 Å². The first kappa shape index (κ1) is 12.3. The molecular formula is C11H19N3O3. The van der Waals surface area contributed by atoms with Crippen LogP contribution in [0.4, 0.5) is 0 Å². The molecule has 0 radical (unpaired) electrons. The fraction of sp³-hybridized carbons (Fsp3) is 0.818. The Bertz CT molecular complexity index is 302. The molecule has 1 N–H and O–H groups in total. The SMILES string of the molecule is COC1CCN(C(=O)C(=O)N2CCNCC2)C1. The minimum Gasteiger partial charge on any atom is -0.380 e. The van der Waals surface area contributed by atoms with Gasteiger partial charge in [-0.05, 0) is 6.42 Å². The van der Waals surface area contributed by atoms with E-state index in [9.17, 15) is 9.59 Å². The largest absolute Gasteiger partial charge is 0.380 e. The van der Waals surface area contributed by atoms with Gasteiger partial charge < -0.3 is 19.9 Å². The molecule has 0 saturated carbocycles. The monoisotopic (exact) mass is 241 g/mol. The van der Waals surface area contributed by atoms with Crippen molar-refractivity contribution < 1.29 is 14.3 Å². The second-order valence-electron chi connectivity index (χ2n) is 4.44. The zero-order chi connectivity index (χ0) is 12.3. The van der Waals surface area contributed by atoms with Crippen LogP contribution in [0.25, 0.3) is 0 Å². The van der Waals surface area contributed by atoms with Gasteiger partial charge in [-0.1, -0.05) is 0 Å². The maximum atomic E-state index is 12.0. The van der Waals surface area contributed by atoms with Crippen LogP contribution in [-0.2, 0) is 14.3 Å². The van der Waals surface area contributed by atoms with Gasteiger partial charge >= 0.3 is 11.8 Å². The molecule has 0 aromatic carbocycles. The molecule has 0 bridgehead atoms. The molecule has 2 saturated heterocycles. The molecule has 6 nitrogen and oxygen atoms in total. The molecule has 1 atom stereocenters. The maximum absolute atomic E-state index is 12.0. The van der Waals surface area contributed by atoms with Crippen LogP contribution in [0.15, 0.2) is 0 Å². The summed E-state index contributed by atoms with van der Waals surface area (Å²) in [5, 5.41) is 3.16. The summed E-state index contributed by atoms with van der Waals surface area (Å²) in [6.45, 7) is 3.92. The van der Waals surface area contributed by atoms with E-state index in [1.807, 2.05) is 0 Å². The van der Waals surface area contributed by atoms with Crippen molar-refractivity contribution in [2.75, 3.05) is 46.4 Å². The van der Waals surface area contributed by atoms with Crippen molar-refractivity contribution in [3.63, 3.8) is 0 Å². The van der Waals surface area contributed by atoms with Crippen molar-refractivity contribution in [2.24, 2.45) is 0 Å². The van der Waals surface area contributed by atoms with Gasteiger partial charge in [0.2, 0.25) is 0 Å². The van der Waals surface area contributed by atoms with E-state index in [0.717, 1.165) is 19.5 Å². The number of carbonyl (C=O) groups excluding carboxylic acids is 2.